The molecule has 2 aliphatic heterocycles. The topological polar surface area (TPSA) is 34.1 Å². The number of fused-ring (bicyclic) bond motifs is 4. The molecule has 1 aliphatic carbocycles. The second kappa shape index (κ2) is 6.04. The summed E-state index contributed by atoms with van der Waals surface area (Å²) in [5.74, 6) is 1.75. The quantitative estimate of drug-likeness (QED) is 0.774. The van der Waals surface area contributed by atoms with Crippen LogP contribution in [0.1, 0.15) is 55.7 Å². The van der Waals surface area contributed by atoms with Crippen LogP contribution in [0.25, 0.3) is 0 Å². The predicted molar refractivity (Wildman–Crippen MR) is 102 cm³/mol. The molecule has 0 N–H and O–H groups in total. The molecular formula is C22H24N2O2. The van der Waals surface area contributed by atoms with Gasteiger partial charge in [0, 0.05) is 24.8 Å². The van der Waals surface area contributed by atoms with E-state index in [9.17, 15) is 0 Å². The molecule has 1 spiro atoms. The first-order valence-corrected chi connectivity index (χ1v) is 9.59. The number of methoxy groups -OCH3 is 1. The Balaban J connectivity index is 1.63. The van der Waals surface area contributed by atoms with Gasteiger partial charge in [-0.25, -0.2) is 5.01 Å². The summed E-state index contributed by atoms with van der Waals surface area (Å²) < 4.78 is 12.3. The fraction of sp³-hybridized carbons (Fsp3) is 0.409. The Morgan fingerprint density at radius 3 is 2.62 bits per heavy atom. The second-order valence-corrected chi connectivity index (χ2v) is 7.46. The van der Waals surface area contributed by atoms with Gasteiger partial charge in [-0.15, -0.1) is 0 Å². The fourth-order valence-corrected chi connectivity index (χ4v) is 4.67. The number of hydrogen-bond acceptors (Lipinski definition) is 4. The lowest BCUT2D eigenvalue weighted by atomic mass is 9.86. The Labute approximate surface area is 154 Å². The van der Waals surface area contributed by atoms with Gasteiger partial charge in [0.25, 0.3) is 0 Å². The number of para-hydroxylation sites is 1. The van der Waals surface area contributed by atoms with Crippen molar-refractivity contribution in [2.45, 2.75) is 50.3 Å². The predicted octanol–water partition coefficient (Wildman–Crippen LogP) is 4.90. The molecule has 26 heavy (non-hydrogen) atoms. The Morgan fingerprint density at radius 1 is 1.04 bits per heavy atom. The first kappa shape index (κ1) is 15.7. The number of rotatable bonds is 2. The molecule has 2 heterocycles. The lowest BCUT2D eigenvalue weighted by Crippen LogP contribution is -2.54. The number of hydrazone groups is 1. The normalized spacial score (nSPS) is 23.0. The molecule has 5 rings (SSSR count). The largest absolute Gasteiger partial charge is 0.493 e. The molecule has 0 amide bonds. The zero-order valence-corrected chi connectivity index (χ0v) is 15.1. The number of ether oxygens (including phenoxy) is 2. The summed E-state index contributed by atoms with van der Waals surface area (Å²) in [6, 6.07) is 17.0. The lowest BCUT2D eigenvalue weighted by molar-refractivity contribution is -0.141. The molecule has 0 unspecified atom stereocenters. The van der Waals surface area contributed by atoms with Gasteiger partial charge >= 0.3 is 0 Å². The number of benzene rings is 2. The van der Waals surface area contributed by atoms with Crippen molar-refractivity contribution in [1.29, 1.82) is 0 Å². The minimum Gasteiger partial charge on any atom is -0.493 e. The van der Waals surface area contributed by atoms with Crippen LogP contribution in [0.2, 0.25) is 0 Å². The van der Waals surface area contributed by atoms with Gasteiger partial charge in [0.1, 0.15) is 0 Å². The van der Waals surface area contributed by atoms with Gasteiger partial charge in [0.2, 0.25) is 0 Å². The van der Waals surface area contributed by atoms with Crippen LogP contribution in [0, 0.1) is 0 Å². The summed E-state index contributed by atoms with van der Waals surface area (Å²) in [7, 11) is 1.72. The number of nitrogens with zero attached hydrogens (tertiary/aromatic N) is 2. The highest BCUT2D eigenvalue weighted by atomic mass is 16.5. The summed E-state index contributed by atoms with van der Waals surface area (Å²) in [5.41, 5.74) is 3.22. The molecule has 3 aliphatic rings. The van der Waals surface area contributed by atoms with E-state index < -0.39 is 0 Å². The van der Waals surface area contributed by atoms with E-state index in [0.29, 0.717) is 0 Å². The Morgan fingerprint density at radius 2 is 1.85 bits per heavy atom. The highest BCUT2D eigenvalue weighted by molar-refractivity contribution is 6.02. The Hall–Kier alpha value is -2.49. The summed E-state index contributed by atoms with van der Waals surface area (Å²) in [4.78, 5) is 0. The second-order valence-electron chi connectivity index (χ2n) is 7.46. The third-order valence-electron chi connectivity index (χ3n) is 5.95. The molecule has 4 nitrogen and oxygen atoms in total. The van der Waals surface area contributed by atoms with E-state index in [4.69, 9.17) is 14.6 Å². The van der Waals surface area contributed by atoms with Crippen molar-refractivity contribution in [1.82, 2.24) is 5.01 Å². The maximum absolute atomic E-state index is 6.67. The monoisotopic (exact) mass is 348 g/mol. The summed E-state index contributed by atoms with van der Waals surface area (Å²) >= 11 is 0. The van der Waals surface area contributed by atoms with E-state index in [2.05, 4.69) is 47.5 Å². The molecule has 0 saturated heterocycles. The molecular weight excluding hydrogens is 324 g/mol. The smallest absolute Gasteiger partial charge is 0.198 e. The average molecular weight is 348 g/mol. The van der Waals surface area contributed by atoms with E-state index in [-0.39, 0.29) is 11.8 Å². The molecule has 0 radical (unpaired) electrons. The SMILES string of the molecule is COc1cccc2c1OC1(CCCCC1)N1N=C(c3ccccc3)C[C@@H]21. The zero-order chi connectivity index (χ0) is 17.6. The first-order chi connectivity index (χ1) is 12.8. The van der Waals surface area contributed by atoms with Crippen LogP contribution in [-0.2, 0) is 0 Å². The highest BCUT2D eigenvalue weighted by Crippen LogP contribution is 2.53. The Kier molecular flexibility index (Phi) is 3.66. The fourth-order valence-electron chi connectivity index (χ4n) is 4.67. The van der Waals surface area contributed by atoms with Crippen LogP contribution in [-0.4, -0.2) is 23.6 Å². The summed E-state index contributed by atoms with van der Waals surface area (Å²) in [5, 5.41) is 7.37. The van der Waals surface area contributed by atoms with Crippen molar-refractivity contribution < 1.29 is 9.47 Å². The summed E-state index contributed by atoms with van der Waals surface area (Å²) in [6.07, 6.45) is 6.60. The third-order valence-corrected chi connectivity index (χ3v) is 5.95. The van der Waals surface area contributed by atoms with Crippen molar-refractivity contribution in [2.24, 2.45) is 5.10 Å². The molecule has 2 aromatic rings. The van der Waals surface area contributed by atoms with Crippen LogP contribution in [0.15, 0.2) is 53.6 Å². The number of hydrogen-bond donors (Lipinski definition) is 0. The Bertz CT molecular complexity index is 840. The maximum Gasteiger partial charge on any atom is 0.198 e. The zero-order valence-electron chi connectivity index (χ0n) is 15.1. The van der Waals surface area contributed by atoms with Crippen molar-refractivity contribution in [2.75, 3.05) is 7.11 Å². The highest BCUT2D eigenvalue weighted by Gasteiger charge is 2.51. The third kappa shape index (κ3) is 2.32. The van der Waals surface area contributed by atoms with Gasteiger partial charge in [0.05, 0.1) is 18.9 Å². The average Bonchev–Trinajstić information content (AvgIpc) is 3.16. The minimum absolute atomic E-state index is 0.224. The van der Waals surface area contributed by atoms with Gasteiger partial charge in [-0.05, 0) is 24.5 Å². The standard InChI is InChI=1S/C22H24N2O2/c1-25-20-12-8-11-17-19-15-18(16-9-4-2-5-10-16)23-24(19)22(26-21(17)20)13-6-3-7-14-22/h2,4-5,8-12,19H,3,6-7,13-15H2,1H3/t19-/m0/s1. The lowest BCUT2D eigenvalue weighted by Gasteiger charge is -2.49. The first-order valence-electron chi connectivity index (χ1n) is 9.59. The van der Waals surface area contributed by atoms with Crippen LogP contribution in [0.5, 0.6) is 11.5 Å². The van der Waals surface area contributed by atoms with Gasteiger partial charge in [-0.2, -0.15) is 5.10 Å². The molecule has 1 atom stereocenters. The van der Waals surface area contributed by atoms with E-state index >= 15 is 0 Å². The van der Waals surface area contributed by atoms with Gasteiger partial charge in [-0.1, -0.05) is 48.9 Å². The molecule has 134 valence electrons. The van der Waals surface area contributed by atoms with Gasteiger partial charge in [-0.3, -0.25) is 0 Å². The van der Waals surface area contributed by atoms with Crippen LogP contribution >= 0.6 is 0 Å². The van der Waals surface area contributed by atoms with E-state index in [1.54, 1.807) is 7.11 Å². The minimum atomic E-state index is -0.332. The molecule has 0 aromatic heterocycles. The van der Waals surface area contributed by atoms with Crippen molar-refractivity contribution in [3.05, 3.63) is 59.7 Å². The molecule has 2 aromatic carbocycles. The van der Waals surface area contributed by atoms with E-state index in [1.807, 2.05) is 6.07 Å². The van der Waals surface area contributed by atoms with E-state index in [0.717, 1.165) is 36.5 Å². The van der Waals surface area contributed by atoms with Crippen molar-refractivity contribution in [3.8, 4) is 11.5 Å². The molecule has 0 bridgehead atoms. The molecule has 1 saturated carbocycles. The van der Waals surface area contributed by atoms with Crippen LogP contribution < -0.4 is 9.47 Å². The van der Waals surface area contributed by atoms with Gasteiger partial charge < -0.3 is 9.47 Å². The van der Waals surface area contributed by atoms with Crippen molar-refractivity contribution >= 4 is 5.71 Å². The van der Waals surface area contributed by atoms with Crippen LogP contribution in [0.4, 0.5) is 0 Å². The van der Waals surface area contributed by atoms with Crippen molar-refractivity contribution in [3.63, 3.8) is 0 Å². The molecule has 1 fully saturated rings. The molecule has 4 heteroatoms. The van der Waals surface area contributed by atoms with E-state index in [1.165, 1.54) is 30.4 Å². The summed E-state index contributed by atoms with van der Waals surface area (Å²) in [6.45, 7) is 0. The maximum atomic E-state index is 6.67. The van der Waals surface area contributed by atoms with Gasteiger partial charge in [0.15, 0.2) is 17.2 Å². The van der Waals surface area contributed by atoms with Crippen LogP contribution in [0.3, 0.4) is 0 Å².